The molecule has 0 radical (unpaired) electrons. The van der Waals surface area contributed by atoms with Crippen LogP contribution in [0.5, 0.6) is 0 Å². The van der Waals surface area contributed by atoms with Crippen LogP contribution in [0.25, 0.3) is 33.3 Å². The Bertz CT molecular complexity index is 1420. The van der Waals surface area contributed by atoms with Gasteiger partial charge in [-0.1, -0.05) is 48.0 Å². The number of carbonyl (C=O) groups excluding carboxylic acids is 1. The Labute approximate surface area is 178 Å². The van der Waals surface area contributed by atoms with Gasteiger partial charge in [0.2, 0.25) is 5.89 Å². The van der Waals surface area contributed by atoms with Gasteiger partial charge in [0.15, 0.2) is 5.58 Å². The molecule has 1 aromatic heterocycles. The molecule has 1 heterocycles. The van der Waals surface area contributed by atoms with Gasteiger partial charge in [-0.25, -0.2) is 4.98 Å². The maximum Gasteiger partial charge on any atom is 0.255 e. The topological polar surface area (TPSA) is 55.1 Å². The lowest BCUT2D eigenvalue weighted by molar-refractivity contribution is 0.102. The van der Waals surface area contributed by atoms with E-state index in [2.05, 4.69) is 10.3 Å². The predicted molar refractivity (Wildman–Crippen MR) is 121 cm³/mol. The number of nitrogens with one attached hydrogen (secondary N) is 1. The molecule has 0 spiro atoms. The zero-order chi connectivity index (χ0) is 20.7. The summed E-state index contributed by atoms with van der Waals surface area (Å²) in [5.41, 5.74) is 4.38. The van der Waals surface area contributed by atoms with E-state index in [-0.39, 0.29) is 5.91 Å². The molecular formula is C25H17ClN2O2. The van der Waals surface area contributed by atoms with Crippen LogP contribution in [0.1, 0.15) is 15.9 Å². The molecule has 5 heteroatoms. The van der Waals surface area contributed by atoms with Gasteiger partial charge in [0.25, 0.3) is 5.91 Å². The lowest BCUT2D eigenvalue weighted by Gasteiger charge is -2.08. The first-order valence-electron chi connectivity index (χ1n) is 9.54. The molecule has 0 aliphatic rings. The summed E-state index contributed by atoms with van der Waals surface area (Å²) >= 11 is 6.40. The number of fused-ring (bicyclic) bond motifs is 2. The molecule has 0 unspecified atom stereocenters. The zero-order valence-electron chi connectivity index (χ0n) is 16.1. The summed E-state index contributed by atoms with van der Waals surface area (Å²) in [6.45, 7) is 2.00. The Morgan fingerprint density at radius 3 is 2.63 bits per heavy atom. The normalized spacial score (nSPS) is 11.1. The second kappa shape index (κ2) is 7.32. The number of anilines is 1. The molecule has 30 heavy (non-hydrogen) atoms. The monoisotopic (exact) mass is 412 g/mol. The molecule has 5 rings (SSSR count). The number of aryl methyl sites for hydroxylation is 1. The summed E-state index contributed by atoms with van der Waals surface area (Å²) in [6.07, 6.45) is 0. The quantitative estimate of drug-likeness (QED) is 0.352. The van der Waals surface area contributed by atoms with Gasteiger partial charge in [0.05, 0.1) is 10.6 Å². The first-order valence-corrected chi connectivity index (χ1v) is 9.92. The molecule has 1 amide bonds. The van der Waals surface area contributed by atoms with E-state index >= 15 is 0 Å². The van der Waals surface area contributed by atoms with Crippen molar-refractivity contribution in [3.63, 3.8) is 0 Å². The molecule has 0 saturated heterocycles. The van der Waals surface area contributed by atoms with E-state index in [1.165, 1.54) is 0 Å². The highest BCUT2D eigenvalue weighted by Crippen LogP contribution is 2.32. The number of benzene rings is 4. The van der Waals surface area contributed by atoms with Crippen molar-refractivity contribution in [2.45, 2.75) is 6.92 Å². The molecule has 0 fully saturated rings. The first-order chi connectivity index (χ1) is 14.6. The van der Waals surface area contributed by atoms with Gasteiger partial charge in [-0.2, -0.15) is 0 Å². The Morgan fingerprint density at radius 1 is 0.933 bits per heavy atom. The van der Waals surface area contributed by atoms with Gasteiger partial charge in [-0.05, 0) is 65.7 Å². The Hall–Kier alpha value is -3.63. The molecule has 0 aliphatic heterocycles. The predicted octanol–water partition coefficient (Wildman–Crippen LogP) is 6.86. The average molecular weight is 413 g/mol. The third-order valence-electron chi connectivity index (χ3n) is 5.01. The highest BCUT2D eigenvalue weighted by atomic mass is 35.5. The van der Waals surface area contributed by atoms with Gasteiger partial charge in [0, 0.05) is 11.3 Å². The molecule has 1 N–H and O–H groups in total. The number of amides is 1. The zero-order valence-corrected chi connectivity index (χ0v) is 16.9. The lowest BCUT2D eigenvalue weighted by Crippen LogP contribution is -2.11. The standard InChI is InChI=1S/C25H17ClN2O2/c1-15-6-11-22-23(12-15)30-25(28-22)20-14-19(9-10-21(20)26)27-24(29)18-8-7-16-4-2-3-5-17(16)13-18/h2-14H,1H3,(H,27,29). The molecule has 146 valence electrons. The highest BCUT2D eigenvalue weighted by molar-refractivity contribution is 6.33. The third kappa shape index (κ3) is 3.42. The fraction of sp³-hybridized carbons (Fsp3) is 0.0400. The number of carbonyl (C=O) groups is 1. The summed E-state index contributed by atoms with van der Waals surface area (Å²) in [5.74, 6) is 0.226. The van der Waals surface area contributed by atoms with Gasteiger partial charge in [-0.3, -0.25) is 4.79 Å². The third-order valence-corrected chi connectivity index (χ3v) is 5.34. The van der Waals surface area contributed by atoms with Crippen LogP contribution >= 0.6 is 11.6 Å². The summed E-state index contributed by atoms with van der Waals surface area (Å²) in [5, 5.41) is 5.55. The molecule has 5 aromatic rings. The molecule has 4 nitrogen and oxygen atoms in total. The SMILES string of the molecule is Cc1ccc2nc(-c3cc(NC(=O)c4ccc5ccccc5c4)ccc3Cl)oc2c1. The van der Waals surface area contributed by atoms with Crippen molar-refractivity contribution < 1.29 is 9.21 Å². The van der Waals surface area contributed by atoms with Crippen LogP contribution in [-0.2, 0) is 0 Å². The number of hydrogen-bond donors (Lipinski definition) is 1. The second-order valence-corrected chi connectivity index (χ2v) is 7.61. The fourth-order valence-electron chi connectivity index (χ4n) is 3.45. The van der Waals surface area contributed by atoms with Gasteiger partial charge < -0.3 is 9.73 Å². The fourth-order valence-corrected chi connectivity index (χ4v) is 3.65. The molecular weight excluding hydrogens is 396 g/mol. The van der Waals surface area contributed by atoms with Crippen molar-refractivity contribution in [1.29, 1.82) is 0 Å². The van der Waals surface area contributed by atoms with Gasteiger partial charge in [-0.15, -0.1) is 0 Å². The van der Waals surface area contributed by atoms with Crippen LogP contribution in [0.2, 0.25) is 5.02 Å². The molecule has 4 aromatic carbocycles. The van der Waals surface area contributed by atoms with Crippen molar-refractivity contribution in [3.8, 4) is 11.5 Å². The largest absolute Gasteiger partial charge is 0.436 e. The van der Waals surface area contributed by atoms with Crippen molar-refractivity contribution in [1.82, 2.24) is 4.98 Å². The van der Waals surface area contributed by atoms with Crippen molar-refractivity contribution in [2.75, 3.05) is 5.32 Å². The van der Waals surface area contributed by atoms with Crippen molar-refractivity contribution in [2.24, 2.45) is 0 Å². The van der Waals surface area contributed by atoms with E-state index in [1.54, 1.807) is 18.2 Å². The number of rotatable bonds is 3. The van der Waals surface area contributed by atoms with Crippen LogP contribution in [0.4, 0.5) is 5.69 Å². The molecule has 0 saturated carbocycles. The van der Waals surface area contributed by atoms with E-state index in [1.807, 2.05) is 67.6 Å². The lowest BCUT2D eigenvalue weighted by atomic mass is 10.1. The summed E-state index contributed by atoms with van der Waals surface area (Å²) in [7, 11) is 0. The van der Waals surface area contributed by atoms with Crippen LogP contribution < -0.4 is 5.32 Å². The van der Waals surface area contributed by atoms with E-state index in [0.29, 0.717) is 33.3 Å². The minimum atomic E-state index is -0.192. The molecule has 0 atom stereocenters. The Kier molecular flexibility index (Phi) is 4.49. The summed E-state index contributed by atoms with van der Waals surface area (Å²) in [4.78, 5) is 17.3. The Morgan fingerprint density at radius 2 is 1.77 bits per heavy atom. The van der Waals surface area contributed by atoms with Gasteiger partial charge in [0.1, 0.15) is 5.52 Å². The van der Waals surface area contributed by atoms with Crippen LogP contribution in [-0.4, -0.2) is 10.9 Å². The first kappa shape index (κ1) is 18.4. The number of halogens is 1. The van der Waals surface area contributed by atoms with Gasteiger partial charge >= 0.3 is 0 Å². The van der Waals surface area contributed by atoms with E-state index in [9.17, 15) is 4.79 Å². The number of aromatic nitrogens is 1. The number of nitrogens with zero attached hydrogens (tertiary/aromatic N) is 1. The van der Waals surface area contributed by atoms with Crippen LogP contribution in [0.3, 0.4) is 0 Å². The summed E-state index contributed by atoms with van der Waals surface area (Å²) in [6, 6.07) is 24.7. The smallest absolute Gasteiger partial charge is 0.255 e. The number of oxazole rings is 1. The van der Waals surface area contributed by atoms with Crippen LogP contribution in [0, 0.1) is 6.92 Å². The van der Waals surface area contributed by atoms with Crippen molar-refractivity contribution in [3.05, 3.63) is 95.0 Å². The van der Waals surface area contributed by atoms with Crippen LogP contribution in [0.15, 0.2) is 83.3 Å². The van der Waals surface area contributed by atoms with E-state index in [0.717, 1.165) is 21.9 Å². The second-order valence-electron chi connectivity index (χ2n) is 7.20. The molecule has 0 aliphatic carbocycles. The maximum absolute atomic E-state index is 12.8. The summed E-state index contributed by atoms with van der Waals surface area (Å²) < 4.78 is 5.90. The number of hydrogen-bond acceptors (Lipinski definition) is 3. The Balaban J connectivity index is 1.46. The minimum Gasteiger partial charge on any atom is -0.436 e. The van der Waals surface area contributed by atoms with E-state index in [4.69, 9.17) is 16.0 Å². The average Bonchev–Trinajstić information content (AvgIpc) is 3.17. The minimum absolute atomic E-state index is 0.192. The maximum atomic E-state index is 12.8. The highest BCUT2D eigenvalue weighted by Gasteiger charge is 2.14. The van der Waals surface area contributed by atoms with E-state index < -0.39 is 0 Å². The van der Waals surface area contributed by atoms with Crippen molar-refractivity contribution >= 4 is 45.1 Å². The molecule has 0 bridgehead atoms.